The van der Waals surface area contributed by atoms with Crippen LogP contribution in [0.25, 0.3) is 10.9 Å². The topological polar surface area (TPSA) is 53.4 Å². The van der Waals surface area contributed by atoms with Gasteiger partial charge in [0.1, 0.15) is 12.4 Å². The Labute approximate surface area is 172 Å². The minimum absolute atomic E-state index is 0.209. The first-order valence-corrected chi connectivity index (χ1v) is 10.4. The zero-order valence-electron chi connectivity index (χ0n) is 15.9. The van der Waals surface area contributed by atoms with Crippen LogP contribution in [0.15, 0.2) is 47.1 Å². The van der Waals surface area contributed by atoms with Crippen molar-refractivity contribution in [3.8, 4) is 5.75 Å². The van der Waals surface area contributed by atoms with Gasteiger partial charge >= 0.3 is 5.97 Å². The molecule has 0 aliphatic heterocycles. The summed E-state index contributed by atoms with van der Waals surface area (Å²) in [4.78, 5) is 11.8. The Kier molecular flexibility index (Phi) is 5.67. The Balaban J connectivity index is 1.52. The number of fused-ring (bicyclic) bond motifs is 1. The first-order chi connectivity index (χ1) is 13.6. The van der Waals surface area contributed by atoms with E-state index in [1.54, 1.807) is 0 Å². The van der Waals surface area contributed by atoms with E-state index >= 15 is 0 Å². The van der Waals surface area contributed by atoms with Gasteiger partial charge in [0.2, 0.25) is 0 Å². The Morgan fingerprint density at radius 3 is 2.89 bits per heavy atom. The lowest BCUT2D eigenvalue weighted by Crippen LogP contribution is -2.09. The van der Waals surface area contributed by atoms with E-state index < -0.39 is 0 Å². The number of carbonyl (C=O) groups excluding carboxylic acids is 1. The molecule has 6 heteroatoms. The third kappa shape index (κ3) is 4.38. The molecule has 2 aromatic carbocycles. The summed E-state index contributed by atoms with van der Waals surface area (Å²) in [6.07, 6.45) is 4.72. The number of esters is 1. The van der Waals surface area contributed by atoms with Crippen molar-refractivity contribution in [2.45, 2.75) is 39.3 Å². The number of aromatic nitrogens is 2. The summed E-state index contributed by atoms with van der Waals surface area (Å²) >= 11 is 3.66. The lowest BCUT2D eigenvalue weighted by molar-refractivity contribution is -0.142. The summed E-state index contributed by atoms with van der Waals surface area (Å²) in [5.74, 6) is 1.22. The number of rotatable bonds is 8. The molecule has 28 heavy (non-hydrogen) atoms. The number of nitrogens with zero attached hydrogens (tertiary/aromatic N) is 2. The van der Waals surface area contributed by atoms with Crippen LogP contribution in [-0.4, -0.2) is 22.4 Å². The van der Waals surface area contributed by atoms with Crippen molar-refractivity contribution < 1.29 is 14.3 Å². The quantitative estimate of drug-likeness (QED) is 0.465. The van der Waals surface area contributed by atoms with Gasteiger partial charge in [0.15, 0.2) is 0 Å². The van der Waals surface area contributed by atoms with Gasteiger partial charge in [-0.05, 0) is 49.4 Å². The van der Waals surface area contributed by atoms with Crippen LogP contribution in [0, 0.1) is 5.92 Å². The zero-order chi connectivity index (χ0) is 19.5. The molecule has 0 bridgehead atoms. The van der Waals surface area contributed by atoms with E-state index in [-0.39, 0.29) is 12.4 Å². The molecule has 0 unspecified atom stereocenters. The molecule has 0 atom stereocenters. The molecular weight excluding hydrogens is 420 g/mol. The number of para-hydroxylation sites is 1. The molecule has 4 rings (SSSR count). The molecule has 1 saturated carbocycles. The van der Waals surface area contributed by atoms with Crippen LogP contribution in [-0.2, 0) is 29.1 Å². The molecule has 0 amide bonds. The van der Waals surface area contributed by atoms with Crippen molar-refractivity contribution in [1.82, 2.24) is 9.78 Å². The lowest BCUT2D eigenvalue weighted by atomic mass is 10.1. The number of hydrogen-bond donors (Lipinski definition) is 0. The smallest absolute Gasteiger partial charge is 0.310 e. The van der Waals surface area contributed by atoms with E-state index in [4.69, 9.17) is 9.47 Å². The number of carbonyl (C=O) groups is 1. The molecule has 1 heterocycles. The van der Waals surface area contributed by atoms with Crippen molar-refractivity contribution in [2.75, 3.05) is 6.61 Å². The van der Waals surface area contributed by atoms with E-state index in [2.05, 4.69) is 37.8 Å². The first-order valence-electron chi connectivity index (χ1n) is 9.64. The molecule has 1 aromatic heterocycles. The Morgan fingerprint density at radius 2 is 2.11 bits per heavy atom. The molecule has 3 aromatic rings. The second kappa shape index (κ2) is 8.35. The van der Waals surface area contributed by atoms with E-state index in [1.807, 2.05) is 37.4 Å². The molecule has 0 N–H and O–H groups in total. The van der Waals surface area contributed by atoms with Crippen molar-refractivity contribution in [3.05, 3.63) is 58.2 Å². The second-order valence-electron chi connectivity index (χ2n) is 7.16. The molecule has 146 valence electrons. The molecule has 0 radical (unpaired) electrons. The van der Waals surface area contributed by atoms with Crippen molar-refractivity contribution in [1.29, 1.82) is 0 Å². The maximum absolute atomic E-state index is 11.8. The van der Waals surface area contributed by atoms with Crippen molar-refractivity contribution in [2.24, 2.45) is 5.92 Å². The highest BCUT2D eigenvalue weighted by Gasteiger charge is 2.23. The SMILES string of the molecule is CCOC(=O)Cc1ccccc1OCc1cc(Br)c2cnn(CC3CC3)c2c1. The number of benzene rings is 2. The average Bonchev–Trinajstić information content (AvgIpc) is 3.40. The molecule has 1 fully saturated rings. The lowest BCUT2D eigenvalue weighted by Gasteiger charge is -2.12. The van der Waals surface area contributed by atoms with Crippen LogP contribution in [0.2, 0.25) is 0 Å². The van der Waals surface area contributed by atoms with E-state index in [9.17, 15) is 4.79 Å². The molecular formula is C22H23BrN2O3. The fraction of sp³-hybridized carbons (Fsp3) is 0.364. The molecule has 0 saturated heterocycles. The fourth-order valence-corrected chi connectivity index (χ4v) is 3.88. The number of halogens is 1. The van der Waals surface area contributed by atoms with Crippen LogP contribution >= 0.6 is 15.9 Å². The van der Waals surface area contributed by atoms with E-state index in [0.29, 0.717) is 19.0 Å². The summed E-state index contributed by atoms with van der Waals surface area (Å²) in [5, 5.41) is 5.67. The van der Waals surface area contributed by atoms with Crippen LogP contribution < -0.4 is 4.74 Å². The molecule has 1 aliphatic rings. The van der Waals surface area contributed by atoms with Gasteiger partial charge in [-0.2, -0.15) is 5.10 Å². The summed E-state index contributed by atoms with van der Waals surface area (Å²) in [7, 11) is 0. The number of ether oxygens (including phenoxy) is 2. The highest BCUT2D eigenvalue weighted by atomic mass is 79.9. The second-order valence-corrected chi connectivity index (χ2v) is 8.01. The predicted octanol–water partition coefficient (Wildman–Crippen LogP) is 4.89. The van der Waals surface area contributed by atoms with Crippen LogP contribution in [0.5, 0.6) is 5.75 Å². The third-order valence-electron chi connectivity index (χ3n) is 4.91. The standard InChI is InChI=1S/C22H23BrN2O3/c1-2-27-22(26)11-17-5-3-4-6-21(17)28-14-16-9-19(23)18-12-24-25(20(18)10-16)13-15-7-8-15/h3-6,9-10,12,15H,2,7-8,11,13-14H2,1H3. The van der Waals surface area contributed by atoms with E-state index in [0.717, 1.165) is 39.0 Å². The van der Waals surface area contributed by atoms with Gasteiger partial charge in [-0.15, -0.1) is 0 Å². The average molecular weight is 443 g/mol. The van der Waals surface area contributed by atoms with Gasteiger partial charge in [-0.3, -0.25) is 9.48 Å². The van der Waals surface area contributed by atoms with E-state index in [1.165, 1.54) is 12.8 Å². The minimum atomic E-state index is -0.244. The van der Waals surface area contributed by atoms with Gasteiger partial charge in [0.05, 0.1) is 24.7 Å². The van der Waals surface area contributed by atoms with Gasteiger partial charge in [-0.1, -0.05) is 34.1 Å². The summed E-state index contributed by atoms with van der Waals surface area (Å²) in [5.41, 5.74) is 3.02. The van der Waals surface area contributed by atoms with Crippen LogP contribution in [0.1, 0.15) is 30.9 Å². The largest absolute Gasteiger partial charge is 0.489 e. The maximum Gasteiger partial charge on any atom is 0.310 e. The van der Waals surface area contributed by atoms with Gasteiger partial charge in [-0.25, -0.2) is 0 Å². The summed E-state index contributed by atoms with van der Waals surface area (Å²) in [6.45, 7) is 3.58. The monoisotopic (exact) mass is 442 g/mol. The Bertz CT molecular complexity index is 995. The highest BCUT2D eigenvalue weighted by Crippen LogP contribution is 2.33. The molecule has 0 spiro atoms. The maximum atomic E-state index is 11.8. The van der Waals surface area contributed by atoms with Gasteiger partial charge < -0.3 is 9.47 Å². The normalized spacial score (nSPS) is 13.6. The predicted molar refractivity (Wildman–Crippen MR) is 111 cm³/mol. The van der Waals surface area contributed by atoms with Crippen molar-refractivity contribution >= 4 is 32.8 Å². The minimum Gasteiger partial charge on any atom is -0.489 e. The van der Waals surface area contributed by atoms with Crippen molar-refractivity contribution in [3.63, 3.8) is 0 Å². The molecule has 5 nitrogen and oxygen atoms in total. The van der Waals surface area contributed by atoms with Crippen LogP contribution in [0.4, 0.5) is 0 Å². The third-order valence-corrected chi connectivity index (χ3v) is 5.56. The van der Waals surface area contributed by atoms with Gasteiger partial charge in [0.25, 0.3) is 0 Å². The Hall–Kier alpha value is -2.34. The molecule has 1 aliphatic carbocycles. The highest BCUT2D eigenvalue weighted by molar-refractivity contribution is 9.10. The Morgan fingerprint density at radius 1 is 1.29 bits per heavy atom. The summed E-state index contributed by atoms with van der Waals surface area (Å²) in [6, 6.07) is 11.8. The van der Waals surface area contributed by atoms with Gasteiger partial charge in [0, 0.05) is 22.0 Å². The fourth-order valence-electron chi connectivity index (χ4n) is 3.28. The zero-order valence-corrected chi connectivity index (χ0v) is 17.4. The van der Waals surface area contributed by atoms with Crippen LogP contribution in [0.3, 0.4) is 0 Å². The first kappa shape index (κ1) is 19.0. The summed E-state index contributed by atoms with van der Waals surface area (Å²) < 4.78 is 14.2. The number of hydrogen-bond acceptors (Lipinski definition) is 4.